The molecule has 1 unspecified atom stereocenters. The number of hydrogen-bond acceptors (Lipinski definition) is 2. The topological polar surface area (TPSA) is 32.3 Å². The number of hydrogen-bond donors (Lipinski definition) is 1. The number of nitrogens with zero attached hydrogens (tertiary/aromatic N) is 1. The van der Waals surface area contributed by atoms with Gasteiger partial charge in [-0.05, 0) is 63.4 Å². The van der Waals surface area contributed by atoms with E-state index >= 15 is 0 Å². The molecule has 0 bridgehead atoms. The lowest BCUT2D eigenvalue weighted by molar-refractivity contribution is -0.127. The first-order valence-electron chi connectivity index (χ1n) is 7.79. The minimum Gasteiger partial charge on any atom is -0.339 e. The molecule has 1 aliphatic heterocycles. The third-order valence-electron chi connectivity index (χ3n) is 4.15. The maximum atomic E-state index is 12.3. The van der Waals surface area contributed by atoms with Crippen molar-refractivity contribution in [1.82, 2.24) is 10.2 Å². The molecule has 0 spiro atoms. The Kier molecular flexibility index (Phi) is 5.57. The molecule has 1 fully saturated rings. The van der Waals surface area contributed by atoms with Crippen LogP contribution in [-0.2, 0) is 4.79 Å². The van der Waals surface area contributed by atoms with Gasteiger partial charge in [-0.25, -0.2) is 0 Å². The average molecular weight is 286 g/mol. The highest BCUT2D eigenvalue weighted by Gasteiger charge is 2.21. The second-order valence-electron chi connectivity index (χ2n) is 6.04. The number of carbonyl (C=O) groups excluding carboxylic acids is 1. The summed E-state index contributed by atoms with van der Waals surface area (Å²) < 4.78 is 0. The monoisotopic (exact) mass is 286 g/mol. The SMILES string of the molecule is CNCC1CCCN(C(=O)C=Cc2ccc(C)cc2C)C1. The Hall–Kier alpha value is -1.61. The van der Waals surface area contributed by atoms with Crippen LogP contribution in [0.3, 0.4) is 0 Å². The van der Waals surface area contributed by atoms with Gasteiger partial charge >= 0.3 is 0 Å². The van der Waals surface area contributed by atoms with Crippen LogP contribution < -0.4 is 5.32 Å². The Labute approximate surface area is 128 Å². The second kappa shape index (κ2) is 7.41. The number of carbonyl (C=O) groups is 1. The Morgan fingerprint density at radius 2 is 2.24 bits per heavy atom. The van der Waals surface area contributed by atoms with E-state index in [-0.39, 0.29) is 5.91 Å². The molecule has 0 aliphatic carbocycles. The Balaban J connectivity index is 1.98. The summed E-state index contributed by atoms with van der Waals surface area (Å²) in [5, 5.41) is 3.21. The van der Waals surface area contributed by atoms with Crippen molar-refractivity contribution in [3.05, 3.63) is 41.0 Å². The number of benzene rings is 1. The van der Waals surface area contributed by atoms with Crippen molar-refractivity contribution in [2.75, 3.05) is 26.7 Å². The van der Waals surface area contributed by atoms with Crippen molar-refractivity contribution >= 4 is 12.0 Å². The molecular formula is C18H26N2O. The van der Waals surface area contributed by atoms with Crippen LogP contribution in [0.1, 0.15) is 29.5 Å². The highest BCUT2D eigenvalue weighted by atomic mass is 16.2. The summed E-state index contributed by atoms with van der Waals surface area (Å²) in [6.07, 6.45) is 5.99. The first kappa shape index (κ1) is 15.8. The largest absolute Gasteiger partial charge is 0.339 e. The van der Waals surface area contributed by atoms with Crippen LogP contribution in [0, 0.1) is 19.8 Å². The van der Waals surface area contributed by atoms with Crippen LogP contribution in [-0.4, -0.2) is 37.5 Å². The number of piperidine rings is 1. The standard InChI is InChI=1S/C18H26N2O/c1-14-6-7-17(15(2)11-14)8-9-18(21)20-10-4-5-16(13-20)12-19-3/h6-9,11,16,19H,4-5,10,12-13H2,1-3H3. The normalized spacial score (nSPS) is 19.2. The maximum absolute atomic E-state index is 12.3. The molecule has 2 rings (SSSR count). The number of amides is 1. The first-order chi connectivity index (χ1) is 10.1. The predicted molar refractivity (Wildman–Crippen MR) is 88.2 cm³/mol. The molecule has 3 nitrogen and oxygen atoms in total. The van der Waals surface area contributed by atoms with Crippen LogP contribution in [0.25, 0.3) is 6.08 Å². The van der Waals surface area contributed by atoms with Gasteiger partial charge in [-0.15, -0.1) is 0 Å². The molecule has 0 radical (unpaired) electrons. The lowest BCUT2D eigenvalue weighted by Gasteiger charge is -2.32. The van der Waals surface area contributed by atoms with Gasteiger partial charge in [0.2, 0.25) is 5.91 Å². The van der Waals surface area contributed by atoms with Gasteiger partial charge in [-0.3, -0.25) is 4.79 Å². The zero-order valence-corrected chi connectivity index (χ0v) is 13.4. The van der Waals surface area contributed by atoms with Gasteiger partial charge < -0.3 is 10.2 Å². The Morgan fingerprint density at radius 1 is 1.43 bits per heavy atom. The summed E-state index contributed by atoms with van der Waals surface area (Å²) in [5.41, 5.74) is 3.59. The summed E-state index contributed by atoms with van der Waals surface area (Å²) in [4.78, 5) is 14.3. The van der Waals surface area contributed by atoms with E-state index < -0.39 is 0 Å². The van der Waals surface area contributed by atoms with Gasteiger partial charge in [0.1, 0.15) is 0 Å². The highest BCUT2D eigenvalue weighted by molar-refractivity contribution is 5.92. The van der Waals surface area contributed by atoms with E-state index in [1.165, 1.54) is 17.5 Å². The molecule has 1 heterocycles. The fourth-order valence-electron chi connectivity index (χ4n) is 3.00. The van der Waals surface area contributed by atoms with Crippen LogP contribution in [0.15, 0.2) is 24.3 Å². The minimum atomic E-state index is 0.135. The van der Waals surface area contributed by atoms with Gasteiger partial charge in [0.15, 0.2) is 0 Å². The van der Waals surface area contributed by atoms with Crippen molar-refractivity contribution in [1.29, 1.82) is 0 Å². The molecule has 0 aromatic heterocycles. The summed E-state index contributed by atoms with van der Waals surface area (Å²) in [7, 11) is 1.97. The molecule has 3 heteroatoms. The summed E-state index contributed by atoms with van der Waals surface area (Å²) in [5.74, 6) is 0.720. The molecule has 1 N–H and O–H groups in total. The van der Waals surface area contributed by atoms with Crippen molar-refractivity contribution in [3.63, 3.8) is 0 Å². The van der Waals surface area contributed by atoms with E-state index in [4.69, 9.17) is 0 Å². The molecule has 1 aliphatic rings. The molecule has 0 saturated carbocycles. The van der Waals surface area contributed by atoms with E-state index in [1.54, 1.807) is 6.08 Å². The quantitative estimate of drug-likeness (QED) is 0.863. The maximum Gasteiger partial charge on any atom is 0.246 e. The van der Waals surface area contributed by atoms with Gasteiger partial charge in [0, 0.05) is 19.2 Å². The minimum absolute atomic E-state index is 0.135. The van der Waals surface area contributed by atoms with E-state index in [1.807, 2.05) is 18.0 Å². The summed E-state index contributed by atoms with van der Waals surface area (Å²) in [6, 6.07) is 6.31. The number of likely N-dealkylation sites (tertiary alicyclic amines) is 1. The fraction of sp³-hybridized carbons (Fsp3) is 0.500. The van der Waals surface area contributed by atoms with E-state index in [9.17, 15) is 4.79 Å². The molecule has 114 valence electrons. The van der Waals surface area contributed by atoms with Gasteiger partial charge in [-0.1, -0.05) is 23.8 Å². The van der Waals surface area contributed by atoms with Crippen molar-refractivity contribution < 1.29 is 4.79 Å². The molecule has 1 saturated heterocycles. The fourth-order valence-corrected chi connectivity index (χ4v) is 3.00. The molecule has 1 amide bonds. The van der Waals surface area contributed by atoms with Gasteiger partial charge in [-0.2, -0.15) is 0 Å². The number of rotatable bonds is 4. The summed E-state index contributed by atoms with van der Waals surface area (Å²) in [6.45, 7) is 6.92. The molecule has 1 atom stereocenters. The lowest BCUT2D eigenvalue weighted by atomic mass is 9.98. The first-order valence-corrected chi connectivity index (χ1v) is 7.79. The van der Waals surface area contributed by atoms with E-state index in [2.05, 4.69) is 37.4 Å². The third kappa shape index (κ3) is 4.43. The van der Waals surface area contributed by atoms with Crippen LogP contribution in [0.2, 0.25) is 0 Å². The summed E-state index contributed by atoms with van der Waals surface area (Å²) >= 11 is 0. The van der Waals surface area contributed by atoms with E-state index in [0.29, 0.717) is 5.92 Å². The smallest absolute Gasteiger partial charge is 0.246 e. The lowest BCUT2D eigenvalue weighted by Crippen LogP contribution is -2.41. The van der Waals surface area contributed by atoms with Gasteiger partial charge in [0.05, 0.1) is 0 Å². The average Bonchev–Trinajstić information content (AvgIpc) is 2.47. The van der Waals surface area contributed by atoms with Crippen LogP contribution in [0.4, 0.5) is 0 Å². The van der Waals surface area contributed by atoms with Crippen LogP contribution in [0.5, 0.6) is 0 Å². The van der Waals surface area contributed by atoms with Gasteiger partial charge in [0.25, 0.3) is 0 Å². The van der Waals surface area contributed by atoms with Crippen LogP contribution >= 0.6 is 0 Å². The zero-order valence-electron chi connectivity index (χ0n) is 13.4. The predicted octanol–water partition coefficient (Wildman–Crippen LogP) is 2.77. The highest BCUT2D eigenvalue weighted by Crippen LogP contribution is 2.17. The van der Waals surface area contributed by atoms with E-state index in [0.717, 1.165) is 31.6 Å². The number of nitrogens with one attached hydrogen (secondary N) is 1. The van der Waals surface area contributed by atoms with Crippen molar-refractivity contribution in [2.24, 2.45) is 5.92 Å². The Bertz CT molecular complexity index is 520. The van der Waals surface area contributed by atoms with Crippen molar-refractivity contribution in [2.45, 2.75) is 26.7 Å². The third-order valence-corrected chi connectivity index (χ3v) is 4.15. The molecule has 21 heavy (non-hydrogen) atoms. The molecule has 1 aromatic carbocycles. The number of aryl methyl sites for hydroxylation is 2. The van der Waals surface area contributed by atoms with Crippen molar-refractivity contribution in [3.8, 4) is 0 Å². The Morgan fingerprint density at radius 3 is 2.95 bits per heavy atom. The zero-order chi connectivity index (χ0) is 15.2. The molecular weight excluding hydrogens is 260 g/mol. The molecule has 1 aromatic rings. The second-order valence-corrected chi connectivity index (χ2v) is 6.04.